The second kappa shape index (κ2) is 9.47. The second-order valence-electron chi connectivity index (χ2n) is 5.91. The van der Waals surface area contributed by atoms with Crippen LogP contribution in [0.15, 0.2) is 46.9 Å². The molecule has 2 aromatic carbocycles. The van der Waals surface area contributed by atoms with Crippen molar-refractivity contribution in [1.29, 1.82) is 0 Å². The van der Waals surface area contributed by atoms with Crippen LogP contribution in [0.1, 0.15) is 43.4 Å². The molecule has 0 radical (unpaired) electrons. The summed E-state index contributed by atoms with van der Waals surface area (Å²) < 4.78 is 12.5. The van der Waals surface area contributed by atoms with Crippen molar-refractivity contribution < 1.29 is 19.4 Å². The van der Waals surface area contributed by atoms with E-state index in [2.05, 4.69) is 35.0 Å². The van der Waals surface area contributed by atoms with Crippen LogP contribution in [0.2, 0.25) is 0 Å². The Hall–Kier alpha value is -2.01. The first-order valence-electron chi connectivity index (χ1n) is 8.37. The number of carboxylic acid groups (broad SMARTS) is 1. The molecule has 4 nitrogen and oxygen atoms in total. The predicted molar refractivity (Wildman–Crippen MR) is 101 cm³/mol. The zero-order valence-electron chi connectivity index (χ0n) is 14.5. The number of halogens is 1. The third kappa shape index (κ3) is 6.09. The Bertz CT molecular complexity index is 715. The average molecular weight is 407 g/mol. The van der Waals surface area contributed by atoms with Gasteiger partial charge in [0, 0.05) is 4.47 Å². The highest BCUT2D eigenvalue weighted by molar-refractivity contribution is 9.10. The van der Waals surface area contributed by atoms with Gasteiger partial charge in [-0.2, -0.15) is 0 Å². The van der Waals surface area contributed by atoms with E-state index in [1.165, 1.54) is 0 Å². The van der Waals surface area contributed by atoms with Crippen LogP contribution in [0.3, 0.4) is 0 Å². The summed E-state index contributed by atoms with van der Waals surface area (Å²) in [6, 6.07) is 13.6. The number of unbranched alkanes of at least 4 members (excludes halogenated alkanes) is 1. The molecular weight excluding hydrogens is 384 g/mol. The van der Waals surface area contributed by atoms with Gasteiger partial charge in [-0.05, 0) is 61.2 Å². The highest BCUT2D eigenvalue weighted by atomic mass is 79.9. The summed E-state index contributed by atoms with van der Waals surface area (Å²) in [5, 5.41) is 8.72. The van der Waals surface area contributed by atoms with Gasteiger partial charge >= 0.3 is 5.97 Å². The van der Waals surface area contributed by atoms with Crippen LogP contribution in [0.25, 0.3) is 0 Å². The molecule has 0 saturated heterocycles. The maximum atomic E-state index is 10.6. The van der Waals surface area contributed by atoms with Crippen molar-refractivity contribution in [3.05, 3.63) is 58.1 Å². The lowest BCUT2D eigenvalue weighted by Crippen LogP contribution is -2.10. The van der Waals surface area contributed by atoms with Crippen molar-refractivity contribution in [2.75, 3.05) is 6.61 Å². The lowest BCUT2D eigenvalue weighted by Gasteiger charge is -2.20. The van der Waals surface area contributed by atoms with E-state index < -0.39 is 5.97 Å². The summed E-state index contributed by atoms with van der Waals surface area (Å²) in [6.45, 7) is 3.69. The quantitative estimate of drug-likeness (QED) is 0.594. The van der Waals surface area contributed by atoms with Crippen LogP contribution in [-0.4, -0.2) is 17.7 Å². The van der Waals surface area contributed by atoms with Crippen molar-refractivity contribution in [2.45, 2.75) is 39.2 Å². The maximum absolute atomic E-state index is 10.6. The van der Waals surface area contributed by atoms with Crippen LogP contribution in [0.4, 0.5) is 0 Å². The summed E-state index contributed by atoms with van der Waals surface area (Å²) in [5.74, 6) is 0.317. The van der Waals surface area contributed by atoms with Crippen LogP contribution in [-0.2, 0) is 4.79 Å². The predicted octanol–water partition coefficient (Wildman–Crippen LogP) is 5.53. The molecule has 0 heterocycles. The monoisotopic (exact) mass is 406 g/mol. The molecule has 134 valence electrons. The third-order valence-corrected chi connectivity index (χ3v) is 4.31. The molecule has 25 heavy (non-hydrogen) atoms. The minimum Gasteiger partial charge on any atom is -0.486 e. The van der Waals surface area contributed by atoms with E-state index in [-0.39, 0.29) is 12.7 Å². The van der Waals surface area contributed by atoms with Gasteiger partial charge in [0.1, 0.15) is 17.6 Å². The fourth-order valence-corrected chi connectivity index (χ4v) is 2.97. The Morgan fingerprint density at radius 3 is 2.68 bits per heavy atom. The van der Waals surface area contributed by atoms with Gasteiger partial charge in [-0.3, -0.25) is 0 Å². The molecular formula is C20H23BrO4. The molecule has 0 amide bonds. The number of ether oxygens (including phenoxy) is 2. The molecule has 0 aromatic heterocycles. The zero-order valence-corrected chi connectivity index (χ0v) is 16.1. The van der Waals surface area contributed by atoms with Crippen molar-refractivity contribution in [3.63, 3.8) is 0 Å². The van der Waals surface area contributed by atoms with Crippen molar-refractivity contribution in [2.24, 2.45) is 0 Å². The van der Waals surface area contributed by atoms with Crippen molar-refractivity contribution >= 4 is 21.9 Å². The number of aliphatic carboxylic acids is 1. The molecule has 0 aliphatic rings. The molecule has 0 saturated carbocycles. The van der Waals surface area contributed by atoms with Gasteiger partial charge in [-0.15, -0.1) is 0 Å². The van der Waals surface area contributed by atoms with Gasteiger partial charge in [0.25, 0.3) is 0 Å². The van der Waals surface area contributed by atoms with E-state index in [0.717, 1.165) is 40.6 Å². The Kier molecular flexibility index (Phi) is 7.31. The summed E-state index contributed by atoms with van der Waals surface area (Å²) in [7, 11) is 0. The first-order valence-corrected chi connectivity index (χ1v) is 9.16. The third-order valence-electron chi connectivity index (χ3n) is 3.82. The molecule has 0 aliphatic heterocycles. The minimum atomic E-state index is -0.992. The smallest absolute Gasteiger partial charge is 0.341 e. The van der Waals surface area contributed by atoms with Crippen molar-refractivity contribution in [1.82, 2.24) is 0 Å². The topological polar surface area (TPSA) is 55.8 Å². The SMILES string of the molecule is CCCCC(Oc1ccc(OCC(=O)O)c(C)c1)c1cccc(Br)c1. The average Bonchev–Trinajstić information content (AvgIpc) is 2.57. The number of hydrogen-bond acceptors (Lipinski definition) is 3. The molecule has 0 fully saturated rings. The van der Waals surface area contributed by atoms with E-state index in [0.29, 0.717) is 5.75 Å². The van der Waals surface area contributed by atoms with E-state index in [1.54, 1.807) is 6.07 Å². The molecule has 1 unspecified atom stereocenters. The minimum absolute atomic E-state index is 0.0253. The highest BCUT2D eigenvalue weighted by Crippen LogP contribution is 2.31. The van der Waals surface area contributed by atoms with Crippen LogP contribution in [0, 0.1) is 6.92 Å². The highest BCUT2D eigenvalue weighted by Gasteiger charge is 2.14. The fourth-order valence-electron chi connectivity index (χ4n) is 2.55. The molecule has 5 heteroatoms. The van der Waals surface area contributed by atoms with Crippen LogP contribution in [0.5, 0.6) is 11.5 Å². The van der Waals surface area contributed by atoms with E-state index in [1.807, 2.05) is 31.2 Å². The zero-order chi connectivity index (χ0) is 18.2. The first kappa shape index (κ1) is 19.3. The molecule has 2 aromatic rings. The van der Waals surface area contributed by atoms with Gasteiger partial charge in [-0.1, -0.05) is 41.4 Å². The first-order chi connectivity index (χ1) is 12.0. The number of carboxylic acids is 1. The van der Waals surface area contributed by atoms with Gasteiger partial charge in [0.2, 0.25) is 0 Å². The fraction of sp³-hybridized carbons (Fsp3) is 0.350. The molecule has 2 rings (SSSR count). The molecule has 0 aliphatic carbocycles. The van der Waals surface area contributed by atoms with Gasteiger partial charge < -0.3 is 14.6 Å². The van der Waals surface area contributed by atoms with Crippen LogP contribution >= 0.6 is 15.9 Å². The number of rotatable bonds is 9. The Morgan fingerprint density at radius 1 is 1.24 bits per heavy atom. The standard InChI is InChI=1S/C20H23BrO4/c1-3-4-8-19(15-6-5-7-16(21)12-15)25-17-9-10-18(14(2)11-17)24-13-20(22)23/h5-7,9-12,19H,3-4,8,13H2,1-2H3,(H,22,23). The largest absolute Gasteiger partial charge is 0.486 e. The number of benzene rings is 2. The molecule has 1 N–H and O–H groups in total. The van der Waals surface area contributed by atoms with Gasteiger partial charge in [-0.25, -0.2) is 4.79 Å². The summed E-state index contributed by atoms with van der Waals surface area (Å²) in [5.41, 5.74) is 1.98. The van der Waals surface area contributed by atoms with E-state index >= 15 is 0 Å². The number of carbonyl (C=O) groups is 1. The Morgan fingerprint density at radius 2 is 2.04 bits per heavy atom. The summed E-state index contributed by atoms with van der Waals surface area (Å²) in [6.07, 6.45) is 3.09. The van der Waals surface area contributed by atoms with E-state index in [9.17, 15) is 4.79 Å². The summed E-state index contributed by atoms with van der Waals surface area (Å²) in [4.78, 5) is 10.6. The summed E-state index contributed by atoms with van der Waals surface area (Å²) >= 11 is 3.51. The second-order valence-corrected chi connectivity index (χ2v) is 6.83. The molecule has 1 atom stereocenters. The van der Waals surface area contributed by atoms with Crippen LogP contribution < -0.4 is 9.47 Å². The van der Waals surface area contributed by atoms with Crippen molar-refractivity contribution in [3.8, 4) is 11.5 Å². The molecule has 0 bridgehead atoms. The Labute approximate surface area is 156 Å². The Balaban J connectivity index is 2.15. The lowest BCUT2D eigenvalue weighted by atomic mass is 10.0. The maximum Gasteiger partial charge on any atom is 0.341 e. The van der Waals surface area contributed by atoms with E-state index in [4.69, 9.17) is 14.6 Å². The van der Waals surface area contributed by atoms with Gasteiger partial charge in [0.15, 0.2) is 6.61 Å². The van der Waals surface area contributed by atoms with Gasteiger partial charge in [0.05, 0.1) is 0 Å². The normalized spacial score (nSPS) is 11.8. The number of hydrogen-bond donors (Lipinski definition) is 1. The molecule has 0 spiro atoms. The lowest BCUT2D eigenvalue weighted by molar-refractivity contribution is -0.139. The number of aryl methyl sites for hydroxylation is 1.